The van der Waals surface area contributed by atoms with Gasteiger partial charge in [0.15, 0.2) is 0 Å². The first-order chi connectivity index (χ1) is 12.7. The predicted molar refractivity (Wildman–Crippen MR) is 102 cm³/mol. The minimum Gasteiger partial charge on any atom is -0.495 e. The van der Waals surface area contributed by atoms with Crippen LogP contribution in [0.25, 0.3) is 0 Å². The Morgan fingerprint density at radius 2 is 1.88 bits per heavy atom. The highest BCUT2D eigenvalue weighted by Crippen LogP contribution is 2.23. The average Bonchev–Trinajstić information content (AvgIpc) is 2.68. The second-order valence-corrected chi connectivity index (χ2v) is 5.77. The Bertz CT molecular complexity index is 917. The molecular formula is C19H17ClN4O2. The summed E-state index contributed by atoms with van der Waals surface area (Å²) in [6.07, 6.45) is 1.53. The first-order valence-electron chi connectivity index (χ1n) is 7.92. The van der Waals surface area contributed by atoms with Crippen molar-refractivity contribution in [2.75, 3.05) is 17.7 Å². The number of hydrogen-bond donors (Lipinski definition) is 2. The Labute approximate surface area is 156 Å². The molecule has 0 bridgehead atoms. The van der Waals surface area contributed by atoms with E-state index in [4.69, 9.17) is 16.3 Å². The molecule has 0 aliphatic rings. The van der Waals surface area contributed by atoms with E-state index in [9.17, 15) is 4.79 Å². The number of carbonyl (C=O) groups is 1. The molecule has 2 aromatic carbocycles. The zero-order chi connectivity index (χ0) is 18.4. The molecule has 2 N–H and O–H groups in total. The van der Waals surface area contributed by atoms with Crippen LogP contribution in [-0.2, 0) is 6.54 Å². The van der Waals surface area contributed by atoms with Gasteiger partial charge in [-0.2, -0.15) is 0 Å². The van der Waals surface area contributed by atoms with Crippen LogP contribution in [0.2, 0.25) is 5.02 Å². The molecule has 6 nitrogen and oxygen atoms in total. The monoisotopic (exact) mass is 368 g/mol. The fourth-order valence-corrected chi connectivity index (χ4v) is 2.52. The van der Waals surface area contributed by atoms with Crippen LogP contribution in [0.4, 0.5) is 11.6 Å². The first-order valence-corrected chi connectivity index (χ1v) is 8.30. The van der Waals surface area contributed by atoms with Crippen LogP contribution >= 0.6 is 11.6 Å². The molecule has 0 saturated heterocycles. The van der Waals surface area contributed by atoms with E-state index in [1.807, 2.05) is 36.4 Å². The van der Waals surface area contributed by atoms with Gasteiger partial charge in [0, 0.05) is 17.8 Å². The largest absolute Gasteiger partial charge is 0.495 e. The molecule has 26 heavy (non-hydrogen) atoms. The van der Waals surface area contributed by atoms with Crippen LogP contribution in [0, 0.1) is 0 Å². The number of rotatable bonds is 6. The summed E-state index contributed by atoms with van der Waals surface area (Å²) in [7, 11) is 1.55. The van der Waals surface area contributed by atoms with Gasteiger partial charge in [-0.05, 0) is 29.8 Å². The summed E-state index contributed by atoms with van der Waals surface area (Å²) in [6.45, 7) is 0.456. The lowest BCUT2D eigenvalue weighted by Crippen LogP contribution is -2.15. The molecule has 1 aromatic heterocycles. The first kappa shape index (κ1) is 17.7. The number of nitrogens with one attached hydrogen (secondary N) is 2. The molecule has 0 fully saturated rings. The van der Waals surface area contributed by atoms with Crippen molar-refractivity contribution in [1.29, 1.82) is 0 Å². The number of halogens is 1. The van der Waals surface area contributed by atoms with Crippen LogP contribution in [0.1, 0.15) is 16.1 Å². The van der Waals surface area contributed by atoms with Gasteiger partial charge in [-0.3, -0.25) is 4.79 Å². The van der Waals surface area contributed by atoms with Gasteiger partial charge in [0.05, 0.1) is 12.8 Å². The van der Waals surface area contributed by atoms with Crippen molar-refractivity contribution in [3.05, 3.63) is 77.1 Å². The summed E-state index contributed by atoms with van der Waals surface area (Å²) in [6, 6.07) is 16.2. The Balaban J connectivity index is 1.70. The molecule has 0 spiro atoms. The molecule has 0 unspecified atom stereocenters. The van der Waals surface area contributed by atoms with E-state index in [2.05, 4.69) is 20.6 Å². The van der Waals surface area contributed by atoms with Crippen LogP contribution in [0.5, 0.6) is 5.75 Å². The number of ether oxygens (including phenoxy) is 1. The number of methoxy groups -OCH3 is 1. The van der Waals surface area contributed by atoms with Gasteiger partial charge < -0.3 is 15.4 Å². The van der Waals surface area contributed by atoms with Gasteiger partial charge >= 0.3 is 0 Å². The lowest BCUT2D eigenvalue weighted by molar-refractivity contribution is 0.102. The third-order valence-electron chi connectivity index (χ3n) is 3.64. The van der Waals surface area contributed by atoms with Gasteiger partial charge in [-0.1, -0.05) is 41.9 Å². The summed E-state index contributed by atoms with van der Waals surface area (Å²) in [4.78, 5) is 20.8. The second kappa shape index (κ2) is 8.31. The molecule has 3 aromatic rings. The van der Waals surface area contributed by atoms with Gasteiger partial charge in [0.25, 0.3) is 5.91 Å². The Morgan fingerprint density at radius 3 is 2.69 bits per heavy atom. The summed E-state index contributed by atoms with van der Waals surface area (Å²) < 4.78 is 5.23. The zero-order valence-electron chi connectivity index (χ0n) is 14.1. The second-order valence-electron chi connectivity index (χ2n) is 5.36. The molecule has 3 rings (SSSR count). The number of para-hydroxylation sites is 2. The van der Waals surface area contributed by atoms with E-state index < -0.39 is 0 Å². The minimum atomic E-state index is -0.349. The van der Waals surface area contributed by atoms with Crippen LogP contribution in [-0.4, -0.2) is 23.0 Å². The van der Waals surface area contributed by atoms with Crippen molar-refractivity contribution >= 4 is 29.1 Å². The quantitative estimate of drug-likeness (QED) is 0.687. The van der Waals surface area contributed by atoms with Crippen LogP contribution in [0.3, 0.4) is 0 Å². The normalized spacial score (nSPS) is 10.2. The molecule has 1 amide bonds. The number of hydrogen-bond acceptors (Lipinski definition) is 5. The number of carbonyl (C=O) groups excluding carboxylic acids is 1. The highest BCUT2D eigenvalue weighted by molar-refractivity contribution is 6.31. The van der Waals surface area contributed by atoms with Crippen molar-refractivity contribution < 1.29 is 9.53 Å². The minimum absolute atomic E-state index is 0.243. The SMILES string of the molecule is COc1ccccc1NC(=O)c1ccnc(NCc2ccccc2Cl)n1. The van der Waals surface area contributed by atoms with E-state index >= 15 is 0 Å². The number of amides is 1. The molecule has 0 aliphatic carbocycles. The molecule has 0 atom stereocenters. The Kier molecular flexibility index (Phi) is 5.66. The van der Waals surface area contributed by atoms with Crippen molar-refractivity contribution in [3.8, 4) is 5.75 Å². The number of aromatic nitrogens is 2. The number of benzene rings is 2. The maximum atomic E-state index is 12.5. The van der Waals surface area contributed by atoms with Gasteiger partial charge in [0.1, 0.15) is 11.4 Å². The summed E-state index contributed by atoms with van der Waals surface area (Å²) in [5.41, 5.74) is 1.73. The number of anilines is 2. The van der Waals surface area contributed by atoms with Crippen LogP contribution < -0.4 is 15.4 Å². The summed E-state index contributed by atoms with van der Waals surface area (Å²) in [5.74, 6) is 0.572. The maximum absolute atomic E-state index is 12.5. The van der Waals surface area contributed by atoms with Crippen molar-refractivity contribution in [2.45, 2.75) is 6.54 Å². The van der Waals surface area contributed by atoms with Gasteiger partial charge in [-0.15, -0.1) is 0 Å². The summed E-state index contributed by atoms with van der Waals surface area (Å²) >= 11 is 6.13. The smallest absolute Gasteiger partial charge is 0.274 e. The molecule has 1 heterocycles. The molecule has 7 heteroatoms. The highest BCUT2D eigenvalue weighted by atomic mass is 35.5. The van der Waals surface area contributed by atoms with E-state index in [0.29, 0.717) is 29.0 Å². The topological polar surface area (TPSA) is 76.1 Å². The van der Waals surface area contributed by atoms with Gasteiger partial charge in [-0.25, -0.2) is 9.97 Å². The van der Waals surface area contributed by atoms with Gasteiger partial charge in [0.2, 0.25) is 5.95 Å². The molecule has 0 saturated carbocycles. The Morgan fingerprint density at radius 1 is 1.12 bits per heavy atom. The molecule has 0 aliphatic heterocycles. The maximum Gasteiger partial charge on any atom is 0.274 e. The standard InChI is InChI=1S/C19H17ClN4O2/c1-26-17-9-5-4-8-15(17)23-18(25)16-10-11-21-19(24-16)22-12-13-6-2-3-7-14(13)20/h2-11H,12H2,1H3,(H,23,25)(H,21,22,24). The molecule has 0 radical (unpaired) electrons. The number of nitrogens with zero attached hydrogens (tertiary/aromatic N) is 2. The lowest BCUT2D eigenvalue weighted by Gasteiger charge is -2.10. The fraction of sp³-hybridized carbons (Fsp3) is 0.105. The van der Waals surface area contributed by atoms with E-state index in [0.717, 1.165) is 5.56 Å². The summed E-state index contributed by atoms with van der Waals surface area (Å²) in [5, 5.41) is 6.51. The third kappa shape index (κ3) is 4.29. The predicted octanol–water partition coefficient (Wildman–Crippen LogP) is 4.00. The van der Waals surface area contributed by atoms with E-state index in [-0.39, 0.29) is 11.6 Å². The van der Waals surface area contributed by atoms with Crippen molar-refractivity contribution in [2.24, 2.45) is 0 Å². The highest BCUT2D eigenvalue weighted by Gasteiger charge is 2.12. The van der Waals surface area contributed by atoms with Crippen LogP contribution in [0.15, 0.2) is 60.8 Å². The Hall–Kier alpha value is -3.12. The zero-order valence-corrected chi connectivity index (χ0v) is 14.8. The fourth-order valence-electron chi connectivity index (χ4n) is 2.32. The third-order valence-corrected chi connectivity index (χ3v) is 4.01. The molecular weight excluding hydrogens is 352 g/mol. The van der Waals surface area contributed by atoms with E-state index in [1.165, 1.54) is 6.20 Å². The molecule has 132 valence electrons. The lowest BCUT2D eigenvalue weighted by atomic mass is 10.2. The van der Waals surface area contributed by atoms with Crippen molar-refractivity contribution in [3.63, 3.8) is 0 Å². The average molecular weight is 369 g/mol. The van der Waals surface area contributed by atoms with E-state index in [1.54, 1.807) is 25.3 Å². The van der Waals surface area contributed by atoms with Crippen molar-refractivity contribution in [1.82, 2.24) is 9.97 Å².